The second-order valence-corrected chi connectivity index (χ2v) is 7.38. The number of para-hydroxylation sites is 1. The molecule has 1 aliphatic carbocycles. The number of benzene rings is 1. The van der Waals surface area contributed by atoms with Crippen LogP contribution < -0.4 is 11.1 Å². The lowest BCUT2D eigenvalue weighted by atomic mass is 9.95. The molecule has 1 saturated carbocycles. The van der Waals surface area contributed by atoms with Gasteiger partial charge in [-0.25, -0.2) is 8.42 Å². The van der Waals surface area contributed by atoms with Gasteiger partial charge in [0.2, 0.25) is 0 Å². The first kappa shape index (κ1) is 16.1. The minimum atomic E-state index is -5.40. The van der Waals surface area contributed by atoms with E-state index in [0.29, 0.717) is 0 Å². The van der Waals surface area contributed by atoms with Gasteiger partial charge in [-0.1, -0.05) is 12.1 Å². The molecule has 0 saturated heterocycles. The van der Waals surface area contributed by atoms with Crippen molar-refractivity contribution in [1.29, 1.82) is 0 Å². The molecule has 1 atom stereocenters. The molecule has 0 amide bonds. The van der Waals surface area contributed by atoms with Crippen molar-refractivity contribution in [2.45, 2.75) is 35.7 Å². The lowest BCUT2D eigenvalue weighted by molar-refractivity contribution is -0.0435. The van der Waals surface area contributed by atoms with Crippen molar-refractivity contribution in [2.24, 2.45) is 11.7 Å². The number of sulfone groups is 1. The molecule has 0 aliphatic heterocycles. The van der Waals surface area contributed by atoms with Crippen molar-refractivity contribution >= 4 is 15.5 Å². The maximum absolute atomic E-state index is 12.7. The van der Waals surface area contributed by atoms with Crippen LogP contribution in [0.15, 0.2) is 29.2 Å². The van der Waals surface area contributed by atoms with E-state index in [9.17, 15) is 21.6 Å². The highest BCUT2D eigenvalue weighted by molar-refractivity contribution is 7.92. The van der Waals surface area contributed by atoms with Gasteiger partial charge in [-0.3, -0.25) is 0 Å². The molecule has 4 nitrogen and oxygen atoms in total. The molecule has 1 aromatic rings. The van der Waals surface area contributed by atoms with Gasteiger partial charge < -0.3 is 11.1 Å². The van der Waals surface area contributed by atoms with Crippen LogP contribution in [0.25, 0.3) is 0 Å². The zero-order chi connectivity index (χ0) is 15.9. The van der Waals surface area contributed by atoms with E-state index in [1.54, 1.807) is 6.92 Å². The smallest absolute Gasteiger partial charge is 0.377 e. The van der Waals surface area contributed by atoms with Crippen LogP contribution in [0.4, 0.5) is 18.9 Å². The molecule has 0 aromatic heterocycles. The monoisotopic (exact) mass is 322 g/mol. The summed E-state index contributed by atoms with van der Waals surface area (Å²) in [4.78, 5) is -0.766. The van der Waals surface area contributed by atoms with Crippen molar-refractivity contribution in [3.63, 3.8) is 0 Å². The zero-order valence-electron chi connectivity index (χ0n) is 11.4. The number of hydrogen-bond acceptors (Lipinski definition) is 4. The number of nitrogens with two attached hydrogens (primary N) is 1. The second kappa shape index (κ2) is 5.17. The molecule has 0 spiro atoms. The summed E-state index contributed by atoms with van der Waals surface area (Å²) in [5.41, 5.74) is -0.298. The van der Waals surface area contributed by atoms with Crippen LogP contribution in [0.5, 0.6) is 0 Å². The van der Waals surface area contributed by atoms with Crippen LogP contribution in [0.3, 0.4) is 0 Å². The third kappa shape index (κ3) is 3.01. The Morgan fingerprint density at radius 2 is 1.86 bits per heavy atom. The van der Waals surface area contributed by atoms with Gasteiger partial charge in [-0.2, -0.15) is 13.2 Å². The molecule has 1 aliphatic rings. The summed E-state index contributed by atoms with van der Waals surface area (Å²) < 4.78 is 61.5. The summed E-state index contributed by atoms with van der Waals surface area (Å²) in [6.45, 7) is 2.00. The first-order valence-corrected chi connectivity index (χ1v) is 7.99. The summed E-state index contributed by atoms with van der Waals surface area (Å²) in [6.07, 6.45) is 1.85. The van der Waals surface area contributed by atoms with E-state index in [2.05, 4.69) is 5.32 Å². The third-order valence-electron chi connectivity index (χ3n) is 3.80. The quantitative estimate of drug-likeness (QED) is 0.874. The Labute approximate surface area is 121 Å². The van der Waals surface area contributed by atoms with Crippen LogP contribution in [-0.2, 0) is 9.84 Å². The molecule has 1 aromatic carbocycles. The van der Waals surface area contributed by atoms with Crippen LogP contribution in [0.1, 0.15) is 19.8 Å². The molecule has 118 valence electrons. The van der Waals surface area contributed by atoms with Crippen molar-refractivity contribution in [3.8, 4) is 0 Å². The second-order valence-electron chi connectivity index (χ2n) is 5.47. The SMILES string of the molecule is CC(CN)(Nc1ccccc1S(=O)(=O)C(F)(F)F)C1CC1. The summed E-state index contributed by atoms with van der Waals surface area (Å²) in [6, 6.07) is 5.03. The third-order valence-corrected chi connectivity index (χ3v) is 5.35. The van der Waals surface area contributed by atoms with Gasteiger partial charge in [0.25, 0.3) is 9.84 Å². The van der Waals surface area contributed by atoms with Gasteiger partial charge in [-0.15, -0.1) is 0 Å². The highest BCUT2D eigenvalue weighted by Gasteiger charge is 2.49. The van der Waals surface area contributed by atoms with Gasteiger partial charge in [-0.05, 0) is 37.8 Å². The summed E-state index contributed by atoms with van der Waals surface area (Å²) in [5.74, 6) is 0.240. The standard InChI is InChI=1S/C13H17F3N2O2S/c1-12(8-17,9-6-7-9)18-10-4-2-3-5-11(10)21(19,20)13(14,15)16/h2-5,9,18H,6-8,17H2,1H3. The van der Waals surface area contributed by atoms with Crippen molar-refractivity contribution in [1.82, 2.24) is 0 Å². The molecule has 0 radical (unpaired) electrons. The minimum Gasteiger partial charge on any atom is -0.377 e. The fraction of sp³-hybridized carbons (Fsp3) is 0.538. The lowest BCUT2D eigenvalue weighted by Gasteiger charge is -2.31. The van der Waals surface area contributed by atoms with Gasteiger partial charge in [0.15, 0.2) is 0 Å². The Morgan fingerprint density at radius 1 is 1.29 bits per heavy atom. The molecule has 21 heavy (non-hydrogen) atoms. The van der Waals surface area contributed by atoms with E-state index >= 15 is 0 Å². The highest BCUT2D eigenvalue weighted by Crippen LogP contribution is 2.42. The predicted molar refractivity (Wildman–Crippen MR) is 73.5 cm³/mol. The molecule has 0 bridgehead atoms. The molecule has 2 rings (SSSR count). The summed E-state index contributed by atoms with van der Waals surface area (Å²) in [7, 11) is -5.40. The van der Waals surface area contributed by atoms with E-state index in [4.69, 9.17) is 5.73 Å². The molecular weight excluding hydrogens is 305 g/mol. The molecule has 1 unspecified atom stereocenters. The Bertz CT molecular complexity index is 627. The molecule has 8 heteroatoms. The summed E-state index contributed by atoms with van der Waals surface area (Å²) >= 11 is 0. The average Bonchev–Trinajstić information content (AvgIpc) is 3.22. The normalized spacial score (nSPS) is 19.1. The van der Waals surface area contributed by atoms with Gasteiger partial charge in [0, 0.05) is 12.1 Å². The van der Waals surface area contributed by atoms with Crippen molar-refractivity contribution in [2.75, 3.05) is 11.9 Å². The molecule has 3 N–H and O–H groups in total. The number of nitrogens with one attached hydrogen (secondary N) is 1. The maximum atomic E-state index is 12.7. The largest absolute Gasteiger partial charge is 0.501 e. The Hall–Kier alpha value is -1.28. The maximum Gasteiger partial charge on any atom is 0.501 e. The number of alkyl halides is 3. The van der Waals surface area contributed by atoms with Gasteiger partial charge in [0.1, 0.15) is 0 Å². The Kier molecular flexibility index (Phi) is 3.96. The van der Waals surface area contributed by atoms with Crippen LogP contribution >= 0.6 is 0 Å². The van der Waals surface area contributed by atoms with Crippen LogP contribution in [-0.4, -0.2) is 26.0 Å². The van der Waals surface area contributed by atoms with E-state index in [1.807, 2.05) is 0 Å². The lowest BCUT2D eigenvalue weighted by Crippen LogP contribution is -2.45. The van der Waals surface area contributed by atoms with Crippen LogP contribution in [0.2, 0.25) is 0 Å². The Morgan fingerprint density at radius 3 is 2.33 bits per heavy atom. The number of anilines is 1. The number of halogens is 3. The van der Waals surface area contributed by atoms with Crippen molar-refractivity contribution in [3.05, 3.63) is 24.3 Å². The predicted octanol–water partition coefficient (Wildman–Crippen LogP) is 2.52. The van der Waals surface area contributed by atoms with E-state index < -0.39 is 25.8 Å². The van der Waals surface area contributed by atoms with Gasteiger partial charge >= 0.3 is 5.51 Å². The fourth-order valence-corrected chi connectivity index (χ4v) is 3.19. The topological polar surface area (TPSA) is 72.2 Å². The number of hydrogen-bond donors (Lipinski definition) is 2. The first-order chi connectivity index (χ1) is 9.62. The highest BCUT2D eigenvalue weighted by atomic mass is 32.2. The average molecular weight is 322 g/mol. The van der Waals surface area contributed by atoms with Crippen LogP contribution in [0, 0.1) is 5.92 Å². The zero-order valence-corrected chi connectivity index (χ0v) is 12.3. The van der Waals surface area contributed by atoms with E-state index in [1.165, 1.54) is 18.2 Å². The first-order valence-electron chi connectivity index (χ1n) is 6.50. The summed E-state index contributed by atoms with van der Waals surface area (Å²) in [5, 5.41) is 2.91. The van der Waals surface area contributed by atoms with E-state index in [0.717, 1.165) is 18.9 Å². The molecule has 0 heterocycles. The van der Waals surface area contributed by atoms with Gasteiger partial charge in [0.05, 0.1) is 10.6 Å². The molecular formula is C13H17F3N2O2S. The molecule has 1 fully saturated rings. The fourth-order valence-electron chi connectivity index (χ4n) is 2.28. The minimum absolute atomic E-state index is 0.0605. The van der Waals surface area contributed by atoms with E-state index in [-0.39, 0.29) is 18.2 Å². The number of rotatable bonds is 5. The van der Waals surface area contributed by atoms with Crippen molar-refractivity contribution < 1.29 is 21.6 Å². The Balaban J connectivity index is 2.43.